The van der Waals surface area contributed by atoms with Gasteiger partial charge in [-0.3, -0.25) is 4.79 Å². The van der Waals surface area contributed by atoms with Crippen molar-refractivity contribution in [3.63, 3.8) is 0 Å². The molecule has 0 aliphatic heterocycles. The molecule has 3 aromatic carbocycles. The predicted octanol–water partition coefficient (Wildman–Crippen LogP) is 5.00. The van der Waals surface area contributed by atoms with Gasteiger partial charge in [-0.05, 0) is 46.5 Å². The number of aromatic nitrogens is 3. The first kappa shape index (κ1) is 30.3. The van der Waals surface area contributed by atoms with Gasteiger partial charge in [0.2, 0.25) is 0 Å². The molecule has 2 aromatic heterocycles. The molecule has 3 N–H and O–H groups in total. The van der Waals surface area contributed by atoms with Crippen LogP contribution >= 0.6 is 11.6 Å². The van der Waals surface area contributed by atoms with Crippen LogP contribution in [-0.4, -0.2) is 47.3 Å². The van der Waals surface area contributed by atoms with Gasteiger partial charge in [0.1, 0.15) is 5.69 Å². The summed E-state index contributed by atoms with van der Waals surface area (Å²) in [6.07, 6.45) is 2.86. The Morgan fingerprint density at radius 3 is 2.05 bits per heavy atom. The highest BCUT2D eigenvalue weighted by Crippen LogP contribution is 2.34. The molecule has 0 aliphatic carbocycles. The van der Waals surface area contributed by atoms with E-state index < -0.39 is 23.9 Å². The molecule has 5 aromatic rings. The van der Waals surface area contributed by atoms with Crippen LogP contribution in [-0.2, 0) is 16.6 Å². The third-order valence-electron chi connectivity index (χ3n) is 6.20. The lowest BCUT2D eigenvalue weighted by atomic mass is 9.94. The Hall–Kier alpha value is -5.22. The van der Waals surface area contributed by atoms with Crippen LogP contribution in [0, 0.1) is 7.43 Å². The number of hydrogen-bond donors (Lipinski definition) is 3. The van der Waals surface area contributed by atoms with Crippen LogP contribution in [0.4, 0.5) is 0 Å². The van der Waals surface area contributed by atoms with E-state index in [4.69, 9.17) is 31.4 Å². The molecule has 1 atom stereocenters. The number of pyridine rings is 1. The maximum absolute atomic E-state index is 12.7. The van der Waals surface area contributed by atoms with Crippen LogP contribution in [0.1, 0.15) is 27.7 Å². The Labute approximate surface area is 239 Å². The van der Waals surface area contributed by atoms with Crippen molar-refractivity contribution in [2.75, 3.05) is 0 Å². The molecule has 0 saturated heterocycles. The quantitative estimate of drug-likeness (QED) is 0.248. The number of rotatable bonds is 5. The molecule has 0 amide bonds. The van der Waals surface area contributed by atoms with E-state index in [2.05, 4.69) is 4.98 Å². The van der Waals surface area contributed by atoms with Crippen molar-refractivity contribution in [1.29, 1.82) is 0 Å². The second-order valence-corrected chi connectivity index (χ2v) is 9.09. The Morgan fingerprint density at radius 2 is 1.46 bits per heavy atom. The van der Waals surface area contributed by atoms with E-state index >= 15 is 0 Å². The smallest absolute Gasteiger partial charge is 0.414 e. The summed E-state index contributed by atoms with van der Waals surface area (Å²) in [5, 5.41) is 26.0. The van der Waals surface area contributed by atoms with Gasteiger partial charge in [0.05, 0.1) is 24.1 Å². The average molecular weight is 575 g/mol. The summed E-state index contributed by atoms with van der Waals surface area (Å²) >= 11 is 6.12. The van der Waals surface area contributed by atoms with Crippen LogP contribution in [0.5, 0.6) is 0 Å². The molecule has 41 heavy (non-hydrogen) atoms. The number of fused-ring (bicyclic) bond motifs is 1. The van der Waals surface area contributed by atoms with E-state index in [1.807, 2.05) is 60.7 Å². The lowest BCUT2D eigenvalue weighted by Gasteiger charge is -2.22. The lowest BCUT2D eigenvalue weighted by molar-refractivity contribution is -0.159. The molecule has 0 bridgehead atoms. The fourth-order valence-corrected chi connectivity index (χ4v) is 4.47. The first-order valence-electron chi connectivity index (χ1n) is 11.7. The first-order chi connectivity index (χ1) is 19.1. The Morgan fingerprint density at radius 1 is 0.854 bits per heavy atom. The number of aliphatic carboxylic acids is 2. The van der Waals surface area contributed by atoms with E-state index in [0.29, 0.717) is 5.02 Å². The maximum atomic E-state index is 12.7. The van der Waals surface area contributed by atoms with Gasteiger partial charge in [-0.25, -0.2) is 19.4 Å². The summed E-state index contributed by atoms with van der Waals surface area (Å²) in [6.45, 7) is 0. The SMILES string of the molecule is Cn1c(=O)cc(-c2ccccc2)c2cc(C(c3ccc(Cl)cc3)n3cncc3C(=O)O)ccc21.O=C(O)C(=O)O.[CH3]. The number of aromatic carboxylic acids is 1. The number of imidazole rings is 1. The second kappa shape index (κ2) is 12.8. The molecule has 10 nitrogen and oxygen atoms in total. The zero-order valence-corrected chi connectivity index (χ0v) is 22.7. The third-order valence-corrected chi connectivity index (χ3v) is 6.46. The molecule has 0 saturated carbocycles. The summed E-state index contributed by atoms with van der Waals surface area (Å²) in [5.74, 6) is -4.71. The molecule has 209 valence electrons. The number of aryl methyl sites for hydroxylation is 1. The van der Waals surface area contributed by atoms with Gasteiger partial charge in [-0.15, -0.1) is 0 Å². The molecule has 0 aliphatic rings. The summed E-state index contributed by atoms with van der Waals surface area (Å²) in [5.41, 5.74) is 4.22. The molecule has 2 heterocycles. The summed E-state index contributed by atoms with van der Waals surface area (Å²) < 4.78 is 3.25. The fourth-order valence-electron chi connectivity index (χ4n) is 4.34. The van der Waals surface area contributed by atoms with E-state index in [-0.39, 0.29) is 18.7 Å². The number of halogens is 1. The lowest BCUT2D eigenvalue weighted by Crippen LogP contribution is -2.18. The largest absolute Gasteiger partial charge is 0.477 e. The van der Waals surface area contributed by atoms with Crippen molar-refractivity contribution in [1.82, 2.24) is 14.1 Å². The zero-order valence-electron chi connectivity index (χ0n) is 21.9. The Bertz CT molecular complexity index is 1770. The molecular formula is C30H25ClN3O7. The Kier molecular flexibility index (Phi) is 9.43. The highest BCUT2D eigenvalue weighted by Gasteiger charge is 2.23. The Balaban J connectivity index is 0.000000599. The van der Waals surface area contributed by atoms with Gasteiger partial charge in [0.25, 0.3) is 5.56 Å². The number of carbonyl (C=O) groups is 3. The summed E-state index contributed by atoms with van der Waals surface area (Å²) in [6, 6.07) is 24.1. The fraction of sp³-hybridized carbons (Fsp3) is 0.0667. The van der Waals surface area contributed by atoms with E-state index in [0.717, 1.165) is 33.2 Å². The second-order valence-electron chi connectivity index (χ2n) is 8.65. The van der Waals surface area contributed by atoms with Crippen LogP contribution in [0.15, 0.2) is 96.2 Å². The van der Waals surface area contributed by atoms with Crippen molar-refractivity contribution < 1.29 is 29.7 Å². The van der Waals surface area contributed by atoms with Gasteiger partial charge in [0.15, 0.2) is 0 Å². The van der Waals surface area contributed by atoms with Crippen molar-refractivity contribution in [2.24, 2.45) is 7.05 Å². The predicted molar refractivity (Wildman–Crippen MR) is 154 cm³/mol. The standard InChI is InChI=1S/C27H20ClN3O3.C2H2O4.CH3/c1-30-23-12-9-19(13-22(23)21(14-25(30)32)17-5-3-2-4-6-17)26(18-7-10-20(28)11-8-18)31-16-29-15-24(31)27(33)34;3-1(4)2(5)6;/h2-16,26H,1H3,(H,33,34);(H,3,4)(H,5,6);1H3. The highest BCUT2D eigenvalue weighted by molar-refractivity contribution is 6.30. The monoisotopic (exact) mass is 574 g/mol. The van der Waals surface area contributed by atoms with Gasteiger partial charge in [-0.1, -0.05) is 67.6 Å². The van der Waals surface area contributed by atoms with Crippen molar-refractivity contribution in [2.45, 2.75) is 6.04 Å². The minimum atomic E-state index is -1.82. The van der Waals surface area contributed by atoms with E-state index in [9.17, 15) is 14.7 Å². The molecule has 1 radical (unpaired) electrons. The molecular weight excluding hydrogens is 550 g/mol. The van der Waals surface area contributed by atoms with Gasteiger partial charge in [-0.2, -0.15) is 0 Å². The maximum Gasteiger partial charge on any atom is 0.414 e. The molecule has 1 unspecified atom stereocenters. The minimum absolute atomic E-state index is 0. The topological polar surface area (TPSA) is 152 Å². The van der Waals surface area contributed by atoms with Gasteiger partial charge >= 0.3 is 17.9 Å². The van der Waals surface area contributed by atoms with Crippen LogP contribution < -0.4 is 5.56 Å². The molecule has 0 fully saturated rings. The van der Waals surface area contributed by atoms with Crippen LogP contribution in [0.3, 0.4) is 0 Å². The zero-order chi connectivity index (χ0) is 29.0. The first-order valence-corrected chi connectivity index (χ1v) is 12.1. The van der Waals surface area contributed by atoms with Crippen LogP contribution in [0.2, 0.25) is 5.02 Å². The highest BCUT2D eigenvalue weighted by atomic mass is 35.5. The number of nitrogens with zero attached hydrogens (tertiary/aromatic N) is 3. The van der Waals surface area contributed by atoms with E-state index in [1.54, 1.807) is 34.4 Å². The number of carboxylic acids is 3. The van der Waals surface area contributed by atoms with Crippen LogP contribution in [0.25, 0.3) is 22.0 Å². The van der Waals surface area contributed by atoms with Crippen molar-refractivity contribution in [3.8, 4) is 11.1 Å². The molecule has 0 spiro atoms. The third kappa shape index (κ3) is 6.51. The number of benzene rings is 3. The van der Waals surface area contributed by atoms with Crippen molar-refractivity contribution >= 4 is 40.4 Å². The number of hydrogen-bond acceptors (Lipinski definition) is 5. The summed E-state index contributed by atoms with van der Waals surface area (Å²) in [7, 11) is 1.74. The normalized spacial score (nSPS) is 11.1. The minimum Gasteiger partial charge on any atom is -0.477 e. The average Bonchev–Trinajstić information content (AvgIpc) is 3.42. The summed E-state index contributed by atoms with van der Waals surface area (Å²) in [4.78, 5) is 46.9. The number of carboxylic acid groups (broad SMARTS) is 3. The molecule has 11 heteroatoms. The molecule has 5 rings (SSSR count). The van der Waals surface area contributed by atoms with Crippen molar-refractivity contribution in [3.05, 3.63) is 131 Å². The van der Waals surface area contributed by atoms with Gasteiger partial charge < -0.3 is 24.5 Å². The van der Waals surface area contributed by atoms with Gasteiger partial charge in [0, 0.05) is 23.5 Å². The van der Waals surface area contributed by atoms with E-state index in [1.165, 1.54) is 12.5 Å².